The van der Waals surface area contributed by atoms with Crippen LogP contribution in [0.15, 0.2) is 42.5 Å². The Hall–Kier alpha value is -2.82. The Morgan fingerprint density at radius 1 is 1.04 bits per heavy atom. The molecule has 0 aliphatic carbocycles. The van der Waals surface area contributed by atoms with Crippen LogP contribution in [-0.4, -0.2) is 25.5 Å². The molecule has 0 aromatic heterocycles. The Labute approximate surface area is 135 Å². The molecule has 2 aromatic carbocycles. The van der Waals surface area contributed by atoms with Crippen molar-refractivity contribution in [3.8, 4) is 0 Å². The van der Waals surface area contributed by atoms with E-state index < -0.39 is 5.97 Å². The number of amides is 1. The summed E-state index contributed by atoms with van der Waals surface area (Å²) >= 11 is 0. The summed E-state index contributed by atoms with van der Waals surface area (Å²) < 4.78 is 4.63. The van der Waals surface area contributed by atoms with Gasteiger partial charge in [0.25, 0.3) is 0 Å². The van der Waals surface area contributed by atoms with Crippen LogP contribution < -0.4 is 10.6 Å². The van der Waals surface area contributed by atoms with Crippen LogP contribution in [0.1, 0.15) is 21.5 Å². The highest BCUT2D eigenvalue weighted by atomic mass is 16.5. The second-order valence-electron chi connectivity index (χ2n) is 5.29. The van der Waals surface area contributed by atoms with Crippen LogP contribution in [-0.2, 0) is 9.53 Å². The van der Waals surface area contributed by atoms with Gasteiger partial charge in [0.1, 0.15) is 0 Å². The third-order valence-electron chi connectivity index (χ3n) is 3.42. The second-order valence-corrected chi connectivity index (χ2v) is 5.29. The Bertz CT molecular complexity index is 709. The minimum absolute atomic E-state index is 0.156. The SMILES string of the molecule is COC(=O)c1ccc(NC(=O)CNc2cc(C)ccc2C)cc1. The highest BCUT2D eigenvalue weighted by molar-refractivity contribution is 5.95. The van der Waals surface area contributed by atoms with Crippen LogP contribution in [0.2, 0.25) is 0 Å². The number of methoxy groups -OCH3 is 1. The Kier molecular flexibility index (Phi) is 5.36. The van der Waals surface area contributed by atoms with E-state index in [1.54, 1.807) is 24.3 Å². The average molecular weight is 312 g/mol. The van der Waals surface area contributed by atoms with Gasteiger partial charge in [0.15, 0.2) is 0 Å². The van der Waals surface area contributed by atoms with Gasteiger partial charge in [-0.1, -0.05) is 12.1 Å². The monoisotopic (exact) mass is 312 g/mol. The summed E-state index contributed by atoms with van der Waals surface area (Å²) in [5.74, 6) is -0.559. The average Bonchev–Trinajstić information content (AvgIpc) is 2.55. The van der Waals surface area contributed by atoms with Crippen LogP contribution in [0, 0.1) is 13.8 Å². The number of carbonyl (C=O) groups is 2. The summed E-state index contributed by atoms with van der Waals surface area (Å²) in [6.07, 6.45) is 0. The number of hydrogen-bond donors (Lipinski definition) is 2. The zero-order valence-corrected chi connectivity index (χ0v) is 13.5. The number of anilines is 2. The van der Waals surface area contributed by atoms with Crippen molar-refractivity contribution in [2.24, 2.45) is 0 Å². The fraction of sp³-hybridized carbons (Fsp3) is 0.222. The summed E-state index contributed by atoms with van der Waals surface area (Å²) in [6, 6.07) is 12.6. The van der Waals surface area contributed by atoms with Crippen molar-refractivity contribution in [2.45, 2.75) is 13.8 Å². The second kappa shape index (κ2) is 7.45. The van der Waals surface area contributed by atoms with E-state index in [4.69, 9.17) is 0 Å². The van der Waals surface area contributed by atoms with Gasteiger partial charge in [0, 0.05) is 11.4 Å². The molecule has 0 aliphatic rings. The molecule has 5 heteroatoms. The van der Waals surface area contributed by atoms with Crippen molar-refractivity contribution in [2.75, 3.05) is 24.3 Å². The number of ether oxygens (including phenoxy) is 1. The van der Waals surface area contributed by atoms with Gasteiger partial charge >= 0.3 is 5.97 Å². The number of nitrogens with one attached hydrogen (secondary N) is 2. The largest absolute Gasteiger partial charge is 0.465 e. The molecule has 0 radical (unpaired) electrons. The Balaban J connectivity index is 1.92. The predicted octanol–water partition coefficient (Wildman–Crippen LogP) is 3.14. The molecule has 2 rings (SSSR count). The van der Waals surface area contributed by atoms with E-state index in [0.29, 0.717) is 11.3 Å². The van der Waals surface area contributed by atoms with Gasteiger partial charge in [0.05, 0.1) is 19.2 Å². The molecule has 0 heterocycles. The van der Waals surface area contributed by atoms with Gasteiger partial charge in [-0.15, -0.1) is 0 Å². The quantitative estimate of drug-likeness (QED) is 0.832. The van der Waals surface area contributed by atoms with E-state index in [-0.39, 0.29) is 12.5 Å². The Morgan fingerprint density at radius 2 is 1.74 bits per heavy atom. The van der Waals surface area contributed by atoms with Crippen molar-refractivity contribution in [1.82, 2.24) is 0 Å². The highest BCUT2D eigenvalue weighted by Gasteiger charge is 2.07. The van der Waals surface area contributed by atoms with Gasteiger partial charge in [-0.3, -0.25) is 4.79 Å². The summed E-state index contributed by atoms with van der Waals surface area (Å²) in [6.45, 7) is 4.17. The van der Waals surface area contributed by atoms with Crippen molar-refractivity contribution in [3.05, 3.63) is 59.2 Å². The molecule has 1 amide bonds. The lowest BCUT2D eigenvalue weighted by Crippen LogP contribution is -2.22. The lowest BCUT2D eigenvalue weighted by atomic mass is 10.1. The first-order chi connectivity index (χ1) is 11.0. The minimum atomic E-state index is -0.403. The van der Waals surface area contributed by atoms with Crippen LogP contribution in [0.25, 0.3) is 0 Å². The van der Waals surface area contributed by atoms with Crippen LogP contribution in [0.4, 0.5) is 11.4 Å². The molecule has 23 heavy (non-hydrogen) atoms. The van der Waals surface area contributed by atoms with Crippen molar-refractivity contribution >= 4 is 23.3 Å². The van der Waals surface area contributed by atoms with E-state index >= 15 is 0 Å². The standard InChI is InChI=1S/C18H20N2O3/c1-12-4-5-13(2)16(10-12)19-11-17(21)20-15-8-6-14(7-9-15)18(22)23-3/h4-10,19H,11H2,1-3H3,(H,20,21). The van der Waals surface area contributed by atoms with E-state index in [9.17, 15) is 9.59 Å². The molecule has 2 N–H and O–H groups in total. The fourth-order valence-corrected chi connectivity index (χ4v) is 2.11. The first-order valence-electron chi connectivity index (χ1n) is 7.29. The number of aryl methyl sites for hydroxylation is 2. The first kappa shape index (κ1) is 16.5. The number of rotatable bonds is 5. The molecule has 0 atom stereocenters. The third-order valence-corrected chi connectivity index (χ3v) is 3.42. The van der Waals surface area contributed by atoms with Gasteiger partial charge in [-0.2, -0.15) is 0 Å². The maximum Gasteiger partial charge on any atom is 0.337 e. The molecule has 0 bridgehead atoms. The van der Waals surface area contributed by atoms with Crippen molar-refractivity contribution < 1.29 is 14.3 Å². The van der Waals surface area contributed by atoms with E-state index in [0.717, 1.165) is 16.8 Å². The highest BCUT2D eigenvalue weighted by Crippen LogP contribution is 2.16. The van der Waals surface area contributed by atoms with E-state index in [2.05, 4.69) is 15.4 Å². The molecule has 0 unspecified atom stereocenters. The zero-order valence-electron chi connectivity index (χ0n) is 13.5. The van der Waals surface area contributed by atoms with Gasteiger partial charge in [-0.25, -0.2) is 4.79 Å². The molecular weight excluding hydrogens is 292 g/mol. The maximum atomic E-state index is 12.0. The third kappa shape index (κ3) is 4.57. The zero-order chi connectivity index (χ0) is 16.8. The predicted molar refractivity (Wildman–Crippen MR) is 90.8 cm³/mol. The maximum absolute atomic E-state index is 12.0. The van der Waals surface area contributed by atoms with E-state index in [1.807, 2.05) is 32.0 Å². The molecule has 0 fully saturated rings. The molecule has 5 nitrogen and oxygen atoms in total. The van der Waals surface area contributed by atoms with Crippen LogP contribution >= 0.6 is 0 Å². The Morgan fingerprint density at radius 3 is 2.39 bits per heavy atom. The molecule has 0 saturated heterocycles. The molecular formula is C18H20N2O3. The fourth-order valence-electron chi connectivity index (χ4n) is 2.11. The van der Waals surface area contributed by atoms with Gasteiger partial charge in [-0.05, 0) is 55.3 Å². The van der Waals surface area contributed by atoms with Crippen molar-refractivity contribution in [1.29, 1.82) is 0 Å². The lowest BCUT2D eigenvalue weighted by molar-refractivity contribution is -0.114. The summed E-state index contributed by atoms with van der Waals surface area (Å²) in [4.78, 5) is 23.3. The van der Waals surface area contributed by atoms with E-state index in [1.165, 1.54) is 7.11 Å². The number of esters is 1. The molecule has 0 aliphatic heterocycles. The molecule has 2 aromatic rings. The van der Waals surface area contributed by atoms with Crippen molar-refractivity contribution in [3.63, 3.8) is 0 Å². The molecule has 0 saturated carbocycles. The molecule has 0 spiro atoms. The first-order valence-corrected chi connectivity index (χ1v) is 7.29. The summed E-state index contributed by atoms with van der Waals surface area (Å²) in [7, 11) is 1.33. The summed E-state index contributed by atoms with van der Waals surface area (Å²) in [5, 5.41) is 5.90. The van der Waals surface area contributed by atoms with Crippen LogP contribution in [0.5, 0.6) is 0 Å². The van der Waals surface area contributed by atoms with Gasteiger partial charge < -0.3 is 15.4 Å². The van der Waals surface area contributed by atoms with Crippen LogP contribution in [0.3, 0.4) is 0 Å². The number of hydrogen-bond acceptors (Lipinski definition) is 4. The summed E-state index contributed by atoms with van der Waals surface area (Å²) in [5.41, 5.74) is 4.24. The molecule has 120 valence electrons. The number of benzene rings is 2. The number of carbonyl (C=O) groups excluding carboxylic acids is 2. The smallest absolute Gasteiger partial charge is 0.337 e. The lowest BCUT2D eigenvalue weighted by Gasteiger charge is -2.11. The normalized spacial score (nSPS) is 10.0. The topological polar surface area (TPSA) is 67.4 Å². The minimum Gasteiger partial charge on any atom is -0.465 e. The van der Waals surface area contributed by atoms with Gasteiger partial charge in [0.2, 0.25) is 5.91 Å².